The van der Waals surface area contributed by atoms with Gasteiger partial charge in [0.25, 0.3) is 0 Å². The van der Waals surface area contributed by atoms with Crippen LogP contribution in [0, 0.1) is 0 Å². The van der Waals surface area contributed by atoms with Gasteiger partial charge in [0, 0.05) is 13.1 Å². The second-order valence-electron chi connectivity index (χ2n) is 3.10. The zero-order valence-corrected chi connectivity index (χ0v) is 7.40. The quantitative estimate of drug-likeness (QED) is 0.663. The molecule has 78 valence electrons. The Morgan fingerprint density at radius 2 is 2.08 bits per heavy atom. The molecule has 13 heavy (non-hydrogen) atoms. The summed E-state index contributed by atoms with van der Waals surface area (Å²) < 4.78 is 39.9. The highest BCUT2D eigenvalue weighted by molar-refractivity contribution is 4.75. The molecule has 0 unspecified atom stereocenters. The lowest BCUT2D eigenvalue weighted by Gasteiger charge is -2.34. The monoisotopic (exact) mass is 198 g/mol. The summed E-state index contributed by atoms with van der Waals surface area (Å²) in [6.45, 7) is 1.56. The lowest BCUT2D eigenvalue weighted by atomic mass is 10.2. The summed E-state index contributed by atoms with van der Waals surface area (Å²) >= 11 is 0. The number of hydrogen-bond acceptors (Lipinski definition) is 3. The van der Waals surface area contributed by atoms with Crippen LogP contribution in [0.3, 0.4) is 0 Å². The molecule has 0 saturated carbocycles. The molecule has 1 aliphatic heterocycles. The van der Waals surface area contributed by atoms with E-state index in [-0.39, 0.29) is 12.6 Å². The summed E-state index contributed by atoms with van der Waals surface area (Å²) in [5, 5.41) is 1.47. The molecular weight excluding hydrogens is 185 g/mol. The number of nitrogens with one attached hydrogen (secondary N) is 1. The molecule has 1 saturated heterocycles. The van der Waals surface area contributed by atoms with Crippen molar-refractivity contribution >= 4 is 0 Å². The van der Waals surface area contributed by atoms with Crippen LogP contribution in [0.1, 0.15) is 0 Å². The van der Waals surface area contributed by atoms with E-state index in [0.29, 0.717) is 19.8 Å². The Balaban J connectivity index is 2.04. The highest BCUT2D eigenvalue weighted by Crippen LogP contribution is 2.10. The smallest absolute Gasteiger partial charge is 0.378 e. The molecule has 0 spiro atoms. The largest absolute Gasteiger partial charge is 0.457 e. The van der Waals surface area contributed by atoms with Gasteiger partial charge in [0.2, 0.25) is 0 Å². The first-order chi connectivity index (χ1) is 5.99. The minimum absolute atomic E-state index is 0.0729. The summed E-state index contributed by atoms with van der Waals surface area (Å²) in [7, 11) is 1.80. The average molecular weight is 198 g/mol. The maximum atomic E-state index is 11.6. The van der Waals surface area contributed by atoms with Gasteiger partial charge in [-0.2, -0.15) is 13.2 Å². The van der Waals surface area contributed by atoms with Crippen LogP contribution in [0.4, 0.5) is 13.2 Å². The number of likely N-dealkylation sites (N-methyl/N-ethyl adjacent to an activating group) is 1. The van der Waals surface area contributed by atoms with Crippen molar-refractivity contribution in [2.75, 3.05) is 33.4 Å². The zero-order valence-electron chi connectivity index (χ0n) is 7.40. The Morgan fingerprint density at radius 1 is 1.46 bits per heavy atom. The van der Waals surface area contributed by atoms with Gasteiger partial charge in [-0.3, -0.25) is 4.90 Å². The van der Waals surface area contributed by atoms with Crippen molar-refractivity contribution in [1.82, 2.24) is 10.2 Å². The van der Waals surface area contributed by atoms with Crippen molar-refractivity contribution in [1.29, 1.82) is 0 Å². The van der Waals surface area contributed by atoms with E-state index >= 15 is 0 Å². The maximum Gasteiger partial charge on any atom is 0.457 e. The molecule has 1 fully saturated rings. The number of halogens is 3. The van der Waals surface area contributed by atoms with Gasteiger partial charge < -0.3 is 4.74 Å². The molecule has 1 aliphatic rings. The first kappa shape index (κ1) is 10.7. The third kappa shape index (κ3) is 3.93. The first-order valence-electron chi connectivity index (χ1n) is 4.09. The Morgan fingerprint density at radius 3 is 2.46 bits per heavy atom. The molecule has 1 heterocycles. The van der Waals surface area contributed by atoms with E-state index in [4.69, 9.17) is 4.74 Å². The van der Waals surface area contributed by atoms with Gasteiger partial charge in [-0.25, -0.2) is 5.32 Å². The van der Waals surface area contributed by atoms with E-state index in [1.54, 1.807) is 7.05 Å². The predicted molar refractivity (Wildman–Crippen MR) is 41.3 cm³/mol. The lowest BCUT2D eigenvalue weighted by Crippen LogP contribution is -2.49. The van der Waals surface area contributed by atoms with Crippen LogP contribution in [0.5, 0.6) is 0 Å². The summed E-state index contributed by atoms with van der Waals surface area (Å²) in [6, 6.07) is 0.287. The SMILES string of the molecule is CN(CCNC(F)(F)F)C1COC1. The molecule has 1 rings (SSSR count). The molecular formula is C7H13F3N2O. The molecule has 1 N–H and O–H groups in total. The van der Waals surface area contributed by atoms with E-state index in [1.807, 2.05) is 4.90 Å². The van der Waals surface area contributed by atoms with Crippen LogP contribution in [0.2, 0.25) is 0 Å². The van der Waals surface area contributed by atoms with Crippen molar-refractivity contribution < 1.29 is 17.9 Å². The molecule has 0 amide bonds. The standard InChI is InChI=1S/C7H13F3N2O/c1-12(6-4-13-5-6)3-2-11-7(8,9)10/h6,11H,2-5H2,1H3. The van der Waals surface area contributed by atoms with Crippen LogP contribution in [-0.2, 0) is 4.74 Å². The van der Waals surface area contributed by atoms with Crippen molar-refractivity contribution in [3.05, 3.63) is 0 Å². The van der Waals surface area contributed by atoms with E-state index in [9.17, 15) is 13.2 Å². The van der Waals surface area contributed by atoms with Gasteiger partial charge in [0.1, 0.15) is 0 Å². The van der Waals surface area contributed by atoms with E-state index < -0.39 is 6.30 Å². The Labute approximate surface area is 74.8 Å². The third-order valence-electron chi connectivity index (χ3n) is 2.03. The summed E-state index contributed by atoms with van der Waals surface area (Å²) in [4.78, 5) is 1.86. The molecule has 6 heteroatoms. The van der Waals surface area contributed by atoms with Gasteiger partial charge in [-0.1, -0.05) is 0 Å². The topological polar surface area (TPSA) is 24.5 Å². The third-order valence-corrected chi connectivity index (χ3v) is 2.03. The second kappa shape index (κ2) is 4.26. The van der Waals surface area contributed by atoms with Crippen LogP contribution in [-0.4, -0.2) is 50.6 Å². The molecule has 0 aliphatic carbocycles. The second-order valence-corrected chi connectivity index (χ2v) is 3.10. The van der Waals surface area contributed by atoms with E-state index in [0.717, 1.165) is 0 Å². The van der Waals surface area contributed by atoms with Gasteiger partial charge in [-0.15, -0.1) is 0 Å². The number of alkyl halides is 3. The fraction of sp³-hybridized carbons (Fsp3) is 1.00. The molecule has 0 aromatic heterocycles. The Hall–Kier alpha value is -0.330. The lowest BCUT2D eigenvalue weighted by molar-refractivity contribution is -0.158. The minimum atomic E-state index is -4.27. The Kier molecular flexibility index (Phi) is 3.52. The van der Waals surface area contributed by atoms with Crippen molar-refractivity contribution in [2.24, 2.45) is 0 Å². The van der Waals surface area contributed by atoms with E-state index in [1.165, 1.54) is 5.32 Å². The molecule has 0 bridgehead atoms. The fourth-order valence-corrected chi connectivity index (χ4v) is 1.03. The van der Waals surface area contributed by atoms with E-state index in [2.05, 4.69) is 0 Å². The minimum Gasteiger partial charge on any atom is -0.378 e. The van der Waals surface area contributed by atoms with Gasteiger partial charge in [0.15, 0.2) is 0 Å². The van der Waals surface area contributed by atoms with Gasteiger partial charge in [-0.05, 0) is 7.05 Å². The fourth-order valence-electron chi connectivity index (χ4n) is 1.03. The number of ether oxygens (including phenoxy) is 1. The highest BCUT2D eigenvalue weighted by atomic mass is 19.4. The zero-order chi connectivity index (χ0) is 9.90. The highest BCUT2D eigenvalue weighted by Gasteiger charge is 2.27. The summed E-state index contributed by atoms with van der Waals surface area (Å²) in [5.74, 6) is 0. The average Bonchev–Trinajstić information content (AvgIpc) is 1.79. The van der Waals surface area contributed by atoms with Crippen LogP contribution < -0.4 is 5.32 Å². The van der Waals surface area contributed by atoms with Crippen molar-refractivity contribution in [2.45, 2.75) is 12.3 Å². The van der Waals surface area contributed by atoms with Gasteiger partial charge >= 0.3 is 6.30 Å². The number of rotatable bonds is 4. The van der Waals surface area contributed by atoms with Crippen LogP contribution in [0.15, 0.2) is 0 Å². The summed E-state index contributed by atoms with van der Waals surface area (Å²) in [6.07, 6.45) is -4.27. The Bertz CT molecular complexity index is 158. The maximum absolute atomic E-state index is 11.6. The van der Waals surface area contributed by atoms with Crippen LogP contribution >= 0.6 is 0 Å². The molecule has 0 atom stereocenters. The summed E-state index contributed by atoms with van der Waals surface area (Å²) in [5.41, 5.74) is 0. The van der Waals surface area contributed by atoms with Gasteiger partial charge in [0.05, 0.1) is 19.3 Å². The molecule has 3 nitrogen and oxygen atoms in total. The first-order valence-corrected chi connectivity index (χ1v) is 4.09. The molecule has 0 aromatic rings. The number of hydrogen-bond donors (Lipinski definition) is 1. The molecule has 0 radical (unpaired) electrons. The van der Waals surface area contributed by atoms with Crippen molar-refractivity contribution in [3.63, 3.8) is 0 Å². The normalized spacial score (nSPS) is 19.2. The van der Waals surface area contributed by atoms with Crippen molar-refractivity contribution in [3.8, 4) is 0 Å². The van der Waals surface area contributed by atoms with Crippen LogP contribution in [0.25, 0.3) is 0 Å². The molecule has 0 aromatic carbocycles. The number of nitrogens with zero attached hydrogens (tertiary/aromatic N) is 1. The predicted octanol–water partition coefficient (Wildman–Crippen LogP) is 0.426.